The van der Waals surface area contributed by atoms with Gasteiger partial charge in [0.2, 0.25) is 5.91 Å². The molecule has 1 aliphatic rings. The maximum absolute atomic E-state index is 12.0. The summed E-state index contributed by atoms with van der Waals surface area (Å²) >= 11 is 0. The van der Waals surface area contributed by atoms with E-state index in [0.717, 1.165) is 39.0 Å². The van der Waals surface area contributed by atoms with E-state index in [4.69, 9.17) is 5.73 Å². The van der Waals surface area contributed by atoms with Crippen molar-refractivity contribution < 1.29 is 4.79 Å². The first-order chi connectivity index (χ1) is 8.85. The zero-order valence-electron chi connectivity index (χ0n) is 13.4. The summed E-state index contributed by atoms with van der Waals surface area (Å²) in [5.41, 5.74) is 5.31. The van der Waals surface area contributed by atoms with Crippen LogP contribution in [0.1, 0.15) is 47.0 Å². The molecule has 0 saturated carbocycles. The Morgan fingerprint density at radius 2 is 2.15 bits per heavy atom. The Labute approximate surface area is 130 Å². The standard InChI is InChI=1S/C15H31N3O.ClH/c1-5-7-15(4,16)14(19)17-9-13-6-8-18(11-13)10-12(2)3;/h12-13H,5-11,16H2,1-4H3,(H,17,19);1H. The topological polar surface area (TPSA) is 58.4 Å². The van der Waals surface area contributed by atoms with Gasteiger partial charge in [-0.2, -0.15) is 0 Å². The molecular formula is C15H32ClN3O. The van der Waals surface area contributed by atoms with E-state index in [9.17, 15) is 4.79 Å². The highest BCUT2D eigenvalue weighted by Gasteiger charge is 2.29. The Hall–Kier alpha value is -0.320. The zero-order valence-corrected chi connectivity index (χ0v) is 14.3. The largest absolute Gasteiger partial charge is 0.354 e. The van der Waals surface area contributed by atoms with Crippen LogP contribution < -0.4 is 11.1 Å². The second kappa shape index (κ2) is 8.85. The number of hydrogen-bond donors (Lipinski definition) is 2. The van der Waals surface area contributed by atoms with Crippen LogP contribution in [0.2, 0.25) is 0 Å². The number of nitrogens with one attached hydrogen (secondary N) is 1. The van der Waals surface area contributed by atoms with Crippen LogP contribution in [0.5, 0.6) is 0 Å². The Morgan fingerprint density at radius 1 is 1.50 bits per heavy atom. The monoisotopic (exact) mass is 305 g/mol. The highest BCUT2D eigenvalue weighted by atomic mass is 35.5. The molecule has 2 unspecified atom stereocenters. The molecule has 4 nitrogen and oxygen atoms in total. The fourth-order valence-electron chi connectivity index (χ4n) is 2.83. The van der Waals surface area contributed by atoms with Gasteiger partial charge in [0.25, 0.3) is 0 Å². The maximum Gasteiger partial charge on any atom is 0.239 e. The summed E-state index contributed by atoms with van der Waals surface area (Å²) in [6.45, 7) is 12.6. The number of likely N-dealkylation sites (tertiary alicyclic amines) is 1. The molecule has 120 valence electrons. The van der Waals surface area contributed by atoms with Gasteiger partial charge in [0.1, 0.15) is 0 Å². The number of nitrogens with zero attached hydrogens (tertiary/aromatic N) is 1. The van der Waals surface area contributed by atoms with Crippen LogP contribution in [0.15, 0.2) is 0 Å². The third kappa shape index (κ3) is 6.42. The fraction of sp³-hybridized carbons (Fsp3) is 0.933. The molecule has 3 N–H and O–H groups in total. The smallest absolute Gasteiger partial charge is 0.239 e. The van der Waals surface area contributed by atoms with Gasteiger partial charge >= 0.3 is 0 Å². The molecule has 0 aliphatic carbocycles. The number of amides is 1. The van der Waals surface area contributed by atoms with Crippen LogP contribution in [0.25, 0.3) is 0 Å². The van der Waals surface area contributed by atoms with Crippen molar-refractivity contribution in [3.63, 3.8) is 0 Å². The van der Waals surface area contributed by atoms with E-state index < -0.39 is 5.54 Å². The van der Waals surface area contributed by atoms with Gasteiger partial charge in [-0.15, -0.1) is 12.4 Å². The summed E-state index contributed by atoms with van der Waals surface area (Å²) in [4.78, 5) is 14.5. The lowest BCUT2D eigenvalue weighted by Crippen LogP contribution is -2.52. The minimum atomic E-state index is -0.717. The molecule has 0 bridgehead atoms. The maximum atomic E-state index is 12.0. The predicted octanol–water partition coefficient (Wildman–Crippen LogP) is 2.02. The molecule has 1 fully saturated rings. The van der Waals surface area contributed by atoms with Gasteiger partial charge in [-0.05, 0) is 38.1 Å². The van der Waals surface area contributed by atoms with E-state index in [-0.39, 0.29) is 18.3 Å². The van der Waals surface area contributed by atoms with Crippen molar-refractivity contribution in [3.05, 3.63) is 0 Å². The van der Waals surface area contributed by atoms with Gasteiger partial charge in [-0.1, -0.05) is 27.2 Å². The van der Waals surface area contributed by atoms with E-state index >= 15 is 0 Å². The zero-order chi connectivity index (χ0) is 14.5. The SMILES string of the molecule is CCCC(C)(N)C(=O)NCC1CCN(CC(C)C)C1.Cl. The Morgan fingerprint density at radius 3 is 2.70 bits per heavy atom. The number of hydrogen-bond acceptors (Lipinski definition) is 3. The third-order valence-corrected chi connectivity index (χ3v) is 3.83. The molecule has 1 saturated heterocycles. The van der Waals surface area contributed by atoms with Crippen molar-refractivity contribution in [3.8, 4) is 0 Å². The average molecular weight is 306 g/mol. The van der Waals surface area contributed by atoms with Crippen LogP contribution in [0.4, 0.5) is 0 Å². The van der Waals surface area contributed by atoms with E-state index in [2.05, 4.69) is 31.0 Å². The van der Waals surface area contributed by atoms with Crippen molar-refractivity contribution in [2.75, 3.05) is 26.2 Å². The first-order valence-electron chi connectivity index (χ1n) is 7.64. The summed E-state index contributed by atoms with van der Waals surface area (Å²) in [7, 11) is 0. The number of carbonyl (C=O) groups is 1. The highest BCUT2D eigenvalue weighted by Crippen LogP contribution is 2.17. The van der Waals surface area contributed by atoms with E-state index in [0.29, 0.717) is 11.8 Å². The Bertz CT molecular complexity index is 295. The van der Waals surface area contributed by atoms with Crippen molar-refractivity contribution in [1.82, 2.24) is 10.2 Å². The molecule has 0 aromatic rings. The average Bonchev–Trinajstić information content (AvgIpc) is 2.72. The second-order valence-corrected chi connectivity index (χ2v) is 6.69. The predicted molar refractivity (Wildman–Crippen MR) is 87.1 cm³/mol. The van der Waals surface area contributed by atoms with Crippen molar-refractivity contribution >= 4 is 18.3 Å². The van der Waals surface area contributed by atoms with Crippen molar-refractivity contribution in [2.24, 2.45) is 17.6 Å². The van der Waals surface area contributed by atoms with Gasteiger partial charge in [0, 0.05) is 19.6 Å². The lowest BCUT2D eigenvalue weighted by molar-refractivity contribution is -0.126. The van der Waals surface area contributed by atoms with Crippen LogP contribution in [-0.2, 0) is 4.79 Å². The van der Waals surface area contributed by atoms with Gasteiger partial charge in [0.05, 0.1) is 5.54 Å². The summed E-state index contributed by atoms with van der Waals surface area (Å²) in [5.74, 6) is 1.29. The number of rotatable bonds is 7. The molecule has 20 heavy (non-hydrogen) atoms. The molecule has 1 heterocycles. The van der Waals surface area contributed by atoms with Gasteiger partial charge in [0.15, 0.2) is 0 Å². The Balaban J connectivity index is 0.00000361. The molecule has 2 atom stereocenters. The summed E-state index contributed by atoms with van der Waals surface area (Å²) in [6, 6.07) is 0. The second-order valence-electron chi connectivity index (χ2n) is 6.69. The highest BCUT2D eigenvalue weighted by molar-refractivity contribution is 5.85. The summed E-state index contributed by atoms with van der Waals surface area (Å²) in [5, 5.41) is 3.03. The van der Waals surface area contributed by atoms with Gasteiger partial charge < -0.3 is 16.0 Å². The molecule has 1 rings (SSSR count). The first-order valence-corrected chi connectivity index (χ1v) is 7.64. The minimum absolute atomic E-state index is 0. The Kier molecular flexibility index (Phi) is 8.71. The fourth-order valence-corrected chi connectivity index (χ4v) is 2.83. The van der Waals surface area contributed by atoms with E-state index in [1.807, 2.05) is 6.92 Å². The van der Waals surface area contributed by atoms with Crippen LogP contribution in [0.3, 0.4) is 0 Å². The molecular weight excluding hydrogens is 274 g/mol. The molecule has 0 radical (unpaired) electrons. The molecule has 1 aliphatic heterocycles. The normalized spacial score (nSPS) is 22.4. The number of halogens is 1. The lowest BCUT2D eigenvalue weighted by Gasteiger charge is -2.24. The van der Waals surface area contributed by atoms with E-state index in [1.165, 1.54) is 6.42 Å². The van der Waals surface area contributed by atoms with Crippen LogP contribution in [-0.4, -0.2) is 42.5 Å². The first kappa shape index (κ1) is 19.7. The lowest BCUT2D eigenvalue weighted by atomic mass is 9.96. The molecule has 1 amide bonds. The number of carbonyl (C=O) groups excluding carboxylic acids is 1. The molecule has 0 aromatic carbocycles. The minimum Gasteiger partial charge on any atom is -0.354 e. The molecule has 0 aromatic heterocycles. The van der Waals surface area contributed by atoms with E-state index in [1.54, 1.807) is 0 Å². The summed E-state index contributed by atoms with van der Waals surface area (Å²) < 4.78 is 0. The van der Waals surface area contributed by atoms with Gasteiger partial charge in [-0.25, -0.2) is 0 Å². The van der Waals surface area contributed by atoms with Crippen LogP contribution >= 0.6 is 12.4 Å². The van der Waals surface area contributed by atoms with Gasteiger partial charge in [-0.3, -0.25) is 4.79 Å². The third-order valence-electron chi connectivity index (χ3n) is 3.83. The number of nitrogens with two attached hydrogens (primary N) is 1. The van der Waals surface area contributed by atoms with Crippen molar-refractivity contribution in [1.29, 1.82) is 0 Å². The molecule has 5 heteroatoms. The quantitative estimate of drug-likeness (QED) is 0.756. The summed E-state index contributed by atoms with van der Waals surface area (Å²) in [6.07, 6.45) is 2.86. The van der Waals surface area contributed by atoms with Crippen LogP contribution in [0, 0.1) is 11.8 Å². The molecule has 0 spiro atoms. The van der Waals surface area contributed by atoms with Crippen molar-refractivity contribution in [2.45, 2.75) is 52.5 Å².